The molecule has 0 aliphatic heterocycles. The molecule has 4 bridgehead atoms. The van der Waals surface area contributed by atoms with E-state index in [0.29, 0.717) is 5.41 Å². The van der Waals surface area contributed by atoms with Crippen LogP contribution in [0.15, 0.2) is 0 Å². The summed E-state index contributed by atoms with van der Waals surface area (Å²) in [7, 11) is 12.4. The van der Waals surface area contributed by atoms with Crippen molar-refractivity contribution < 1.29 is 0 Å². The Morgan fingerprint density at radius 3 is 1.57 bits per heavy atom. The van der Waals surface area contributed by atoms with E-state index in [4.69, 9.17) is 15.7 Å². The van der Waals surface area contributed by atoms with Crippen molar-refractivity contribution in [3.63, 3.8) is 0 Å². The minimum atomic E-state index is -0.441. The maximum Gasteiger partial charge on any atom is 0.0624 e. The molecule has 4 saturated carbocycles. The van der Waals surface area contributed by atoms with Gasteiger partial charge in [-0.3, -0.25) is 0 Å². The van der Waals surface area contributed by atoms with Gasteiger partial charge in [0.05, 0.1) is 15.7 Å². The molecule has 14 heavy (non-hydrogen) atoms. The second-order valence-electron chi connectivity index (χ2n) is 6.48. The molecule has 0 heterocycles. The highest BCUT2D eigenvalue weighted by molar-refractivity contribution is 6.40. The Balaban J connectivity index is 1.95. The van der Waals surface area contributed by atoms with Gasteiger partial charge in [-0.1, -0.05) is 12.1 Å². The van der Waals surface area contributed by atoms with E-state index in [9.17, 15) is 0 Å². The first-order chi connectivity index (χ1) is 6.48. The molecule has 0 nitrogen and oxygen atoms in total. The third-order valence-corrected chi connectivity index (χ3v) is 5.18. The lowest BCUT2D eigenvalue weighted by Gasteiger charge is -2.62. The Morgan fingerprint density at radius 2 is 1.29 bits per heavy atom. The molecule has 0 spiro atoms. The first-order valence-electron chi connectivity index (χ1n) is 6.06. The van der Waals surface area contributed by atoms with Crippen molar-refractivity contribution in [2.45, 2.75) is 50.7 Å². The van der Waals surface area contributed by atoms with E-state index in [1.54, 1.807) is 0 Å². The molecule has 4 aliphatic rings. The Bertz CT molecular complexity index is 216. The topological polar surface area (TPSA) is 0 Å². The Kier molecular flexibility index (Phi) is 1.76. The van der Waals surface area contributed by atoms with E-state index in [0.717, 1.165) is 17.8 Å². The zero-order valence-corrected chi connectivity index (χ0v) is 9.13. The van der Waals surface area contributed by atoms with Gasteiger partial charge >= 0.3 is 0 Å². The second kappa shape index (κ2) is 2.62. The molecule has 2 heteroatoms. The van der Waals surface area contributed by atoms with Crippen molar-refractivity contribution in [3.8, 4) is 0 Å². The van der Waals surface area contributed by atoms with Crippen LogP contribution in [0.2, 0.25) is 5.21 Å². The van der Waals surface area contributed by atoms with Gasteiger partial charge < -0.3 is 0 Å². The maximum atomic E-state index is 6.21. The van der Waals surface area contributed by atoms with Crippen LogP contribution in [0.1, 0.15) is 45.4 Å². The van der Waals surface area contributed by atoms with Crippen LogP contribution in [0.25, 0.3) is 0 Å². The van der Waals surface area contributed by atoms with E-state index in [1.807, 2.05) is 6.92 Å². The molecule has 4 rings (SSSR count). The maximum absolute atomic E-state index is 6.21. The van der Waals surface area contributed by atoms with E-state index in [-0.39, 0.29) is 0 Å². The van der Waals surface area contributed by atoms with Crippen molar-refractivity contribution in [2.75, 3.05) is 0 Å². The van der Waals surface area contributed by atoms with Crippen molar-refractivity contribution in [1.29, 1.82) is 0 Å². The standard InChI is InChI=1S/C12H18B2/c1-11(13,14)12-5-8-2-9(6-12)4-10(3-8)7-12/h8-10H,2-7H2,1H3. The van der Waals surface area contributed by atoms with Crippen LogP contribution in [0, 0.1) is 23.2 Å². The predicted molar refractivity (Wildman–Crippen MR) is 60.5 cm³/mol. The van der Waals surface area contributed by atoms with E-state index in [1.165, 1.54) is 38.5 Å². The summed E-state index contributed by atoms with van der Waals surface area (Å²) in [6, 6.07) is 0. The van der Waals surface area contributed by atoms with Crippen LogP contribution in [0.4, 0.5) is 0 Å². The van der Waals surface area contributed by atoms with Gasteiger partial charge in [-0.2, -0.15) is 0 Å². The normalized spacial score (nSPS) is 51.1. The highest BCUT2D eigenvalue weighted by Gasteiger charge is 2.54. The highest BCUT2D eigenvalue weighted by Crippen LogP contribution is 2.66. The van der Waals surface area contributed by atoms with Gasteiger partial charge in [-0.05, 0) is 61.7 Å². The summed E-state index contributed by atoms with van der Waals surface area (Å²) in [5.41, 5.74) is 0.293. The summed E-state index contributed by atoms with van der Waals surface area (Å²) in [5.74, 6) is 2.85. The second-order valence-corrected chi connectivity index (χ2v) is 6.48. The van der Waals surface area contributed by atoms with E-state index >= 15 is 0 Å². The van der Waals surface area contributed by atoms with Gasteiger partial charge in [0.15, 0.2) is 0 Å². The van der Waals surface area contributed by atoms with E-state index < -0.39 is 5.21 Å². The van der Waals surface area contributed by atoms with Gasteiger partial charge in [0.1, 0.15) is 0 Å². The van der Waals surface area contributed by atoms with Gasteiger partial charge in [0, 0.05) is 0 Å². The van der Waals surface area contributed by atoms with Crippen molar-refractivity contribution in [3.05, 3.63) is 0 Å². The molecule has 72 valence electrons. The van der Waals surface area contributed by atoms with Crippen molar-refractivity contribution in [2.24, 2.45) is 23.2 Å². The average Bonchev–Trinajstić information content (AvgIpc) is 1.98. The third-order valence-electron chi connectivity index (χ3n) is 5.18. The van der Waals surface area contributed by atoms with Crippen LogP contribution in [0.3, 0.4) is 0 Å². The van der Waals surface area contributed by atoms with Crippen LogP contribution in [0.5, 0.6) is 0 Å². The first kappa shape index (κ1) is 9.36. The van der Waals surface area contributed by atoms with Gasteiger partial charge in [0.2, 0.25) is 0 Å². The molecule has 0 aromatic carbocycles. The minimum Gasteiger partial charge on any atom is -0.0962 e. The summed E-state index contributed by atoms with van der Waals surface area (Å²) in [6.45, 7) is 2.04. The summed E-state index contributed by atoms with van der Waals surface area (Å²) < 4.78 is 0. The summed E-state index contributed by atoms with van der Waals surface area (Å²) in [5, 5.41) is -0.441. The molecule has 0 unspecified atom stereocenters. The zero-order chi connectivity index (χ0) is 9.97. The van der Waals surface area contributed by atoms with Gasteiger partial charge in [0.25, 0.3) is 0 Å². The highest BCUT2D eigenvalue weighted by atomic mass is 14.6. The Labute approximate surface area is 90.0 Å². The fraction of sp³-hybridized carbons (Fsp3) is 1.00. The molecule has 0 aromatic rings. The van der Waals surface area contributed by atoms with Crippen LogP contribution < -0.4 is 0 Å². The summed E-state index contributed by atoms with van der Waals surface area (Å²) in [6.07, 6.45) is 8.33. The van der Waals surface area contributed by atoms with Gasteiger partial charge in [-0.25, -0.2) is 0 Å². The molecule has 0 amide bonds. The molecule has 0 atom stereocenters. The molecule has 0 aromatic heterocycles. The van der Waals surface area contributed by atoms with Crippen LogP contribution >= 0.6 is 0 Å². The SMILES string of the molecule is [B]C([B])(C)C12CC3CC(CC(C3)C1)C2. The summed E-state index contributed by atoms with van der Waals surface area (Å²) >= 11 is 0. The summed E-state index contributed by atoms with van der Waals surface area (Å²) in [4.78, 5) is 0. The average molecular weight is 184 g/mol. The quantitative estimate of drug-likeness (QED) is 0.549. The molecule has 4 radical (unpaired) electrons. The van der Waals surface area contributed by atoms with Gasteiger partial charge in [-0.15, -0.1) is 0 Å². The molecular formula is C12H18B2. The number of hydrogen-bond acceptors (Lipinski definition) is 0. The monoisotopic (exact) mass is 184 g/mol. The molecule has 0 saturated heterocycles. The molecule has 0 N–H and O–H groups in total. The fourth-order valence-corrected chi connectivity index (χ4v) is 4.77. The number of hydrogen-bond donors (Lipinski definition) is 0. The first-order valence-corrected chi connectivity index (χ1v) is 6.06. The Morgan fingerprint density at radius 1 is 0.929 bits per heavy atom. The third kappa shape index (κ3) is 1.15. The largest absolute Gasteiger partial charge is 0.0962 e. The molecule has 4 fully saturated rings. The molecular weight excluding hydrogens is 166 g/mol. The van der Waals surface area contributed by atoms with Crippen molar-refractivity contribution >= 4 is 15.7 Å². The number of rotatable bonds is 1. The van der Waals surface area contributed by atoms with Crippen LogP contribution in [-0.2, 0) is 0 Å². The lowest BCUT2D eigenvalue weighted by atomic mass is 9.33. The smallest absolute Gasteiger partial charge is 0.0624 e. The lowest BCUT2D eigenvalue weighted by molar-refractivity contribution is -0.0613. The lowest BCUT2D eigenvalue weighted by Crippen LogP contribution is -2.51. The van der Waals surface area contributed by atoms with Crippen molar-refractivity contribution in [1.82, 2.24) is 0 Å². The van der Waals surface area contributed by atoms with E-state index in [2.05, 4.69) is 0 Å². The predicted octanol–water partition coefficient (Wildman–Crippen LogP) is 2.68. The minimum absolute atomic E-state index is 0.293. The zero-order valence-electron chi connectivity index (χ0n) is 9.13. The fourth-order valence-electron chi connectivity index (χ4n) is 4.77. The Hall–Kier alpha value is 0.130. The molecule has 4 aliphatic carbocycles. The van der Waals surface area contributed by atoms with Crippen LogP contribution in [-0.4, -0.2) is 15.7 Å².